The number of hydrogen-bond acceptors (Lipinski definition) is 5. The van der Waals surface area contributed by atoms with Crippen LogP contribution in [-0.2, 0) is 9.53 Å². The molecule has 0 radical (unpaired) electrons. The van der Waals surface area contributed by atoms with Gasteiger partial charge >= 0.3 is 5.97 Å². The molecule has 114 valence electrons. The third-order valence-electron chi connectivity index (χ3n) is 3.72. The first kappa shape index (κ1) is 15.1. The number of aliphatic carboxylic acids is 1. The Kier molecular flexibility index (Phi) is 4.32. The summed E-state index contributed by atoms with van der Waals surface area (Å²) in [7, 11) is 0. The first-order valence-corrected chi connectivity index (χ1v) is 6.56. The summed E-state index contributed by atoms with van der Waals surface area (Å²) in [6.07, 6.45) is 0.647. The molecule has 7 heteroatoms. The van der Waals surface area contributed by atoms with Gasteiger partial charge in [0.15, 0.2) is 0 Å². The molecule has 1 aromatic carbocycles. The first-order valence-electron chi connectivity index (χ1n) is 6.56. The summed E-state index contributed by atoms with van der Waals surface area (Å²) in [4.78, 5) is 23.5. The highest BCUT2D eigenvalue weighted by atomic mass is 16.5. The molecule has 7 nitrogen and oxygen atoms in total. The molecule has 4 N–H and O–H groups in total. The van der Waals surface area contributed by atoms with Crippen LogP contribution in [0, 0.1) is 5.41 Å². The van der Waals surface area contributed by atoms with E-state index >= 15 is 0 Å². The van der Waals surface area contributed by atoms with Gasteiger partial charge in [-0.1, -0.05) is 0 Å². The average Bonchev–Trinajstić information content (AvgIpc) is 2.45. The molecule has 0 saturated carbocycles. The lowest BCUT2D eigenvalue weighted by Gasteiger charge is -2.33. The molecule has 0 unspecified atom stereocenters. The van der Waals surface area contributed by atoms with Crippen molar-refractivity contribution in [2.45, 2.75) is 12.8 Å². The Balaban J connectivity index is 2.07. The highest BCUT2D eigenvalue weighted by molar-refractivity contribution is 5.97. The number of hydrogen-bond donors (Lipinski definition) is 4. The Bertz CT molecular complexity index is 550. The molecule has 1 aliphatic heterocycles. The molecule has 1 fully saturated rings. The summed E-state index contributed by atoms with van der Waals surface area (Å²) >= 11 is 0. The maximum Gasteiger partial charge on any atom is 0.311 e. The van der Waals surface area contributed by atoms with Crippen molar-refractivity contribution in [1.82, 2.24) is 5.32 Å². The highest BCUT2D eigenvalue weighted by Gasteiger charge is 2.40. The monoisotopic (exact) mass is 295 g/mol. The summed E-state index contributed by atoms with van der Waals surface area (Å²) < 4.78 is 5.15. The zero-order valence-electron chi connectivity index (χ0n) is 11.3. The van der Waals surface area contributed by atoms with E-state index in [1.54, 1.807) is 0 Å². The Morgan fingerprint density at radius 1 is 1.24 bits per heavy atom. The average molecular weight is 295 g/mol. The molecule has 1 aromatic rings. The topological polar surface area (TPSA) is 116 Å². The molecular weight excluding hydrogens is 278 g/mol. The minimum atomic E-state index is -1.04. The Labute approximate surface area is 121 Å². The molecule has 1 amide bonds. The number of rotatable bonds is 4. The van der Waals surface area contributed by atoms with E-state index in [2.05, 4.69) is 5.32 Å². The van der Waals surface area contributed by atoms with Crippen LogP contribution >= 0.6 is 0 Å². The van der Waals surface area contributed by atoms with Crippen LogP contribution in [0.25, 0.3) is 0 Å². The lowest BCUT2D eigenvalue weighted by atomic mass is 9.80. The van der Waals surface area contributed by atoms with Crippen LogP contribution in [0.2, 0.25) is 0 Å². The zero-order valence-corrected chi connectivity index (χ0v) is 11.3. The van der Waals surface area contributed by atoms with Crippen molar-refractivity contribution in [2.24, 2.45) is 5.41 Å². The molecule has 0 bridgehead atoms. The number of aromatic hydroxyl groups is 2. The van der Waals surface area contributed by atoms with Gasteiger partial charge in [-0.2, -0.15) is 0 Å². The van der Waals surface area contributed by atoms with Gasteiger partial charge in [0.1, 0.15) is 11.5 Å². The Morgan fingerprint density at radius 2 is 1.90 bits per heavy atom. The molecule has 1 aliphatic rings. The van der Waals surface area contributed by atoms with E-state index in [0.717, 1.165) is 6.07 Å². The number of amides is 1. The third kappa shape index (κ3) is 3.25. The standard InChI is InChI=1S/C14H17NO6/c16-9-1-2-10(11(17)7-9)12(18)15-8-14(13(19)20)3-5-21-6-4-14/h1-2,7,16-17H,3-6,8H2,(H,15,18)(H,19,20). The van der Waals surface area contributed by atoms with Crippen molar-refractivity contribution in [2.75, 3.05) is 19.8 Å². The van der Waals surface area contributed by atoms with Gasteiger partial charge in [0, 0.05) is 25.8 Å². The highest BCUT2D eigenvalue weighted by Crippen LogP contribution is 2.30. The van der Waals surface area contributed by atoms with Gasteiger partial charge in [-0.05, 0) is 25.0 Å². The van der Waals surface area contributed by atoms with Crippen molar-refractivity contribution >= 4 is 11.9 Å². The van der Waals surface area contributed by atoms with E-state index in [9.17, 15) is 24.9 Å². The predicted octanol–water partition coefficient (Wildman–Crippen LogP) is 0.709. The maximum absolute atomic E-state index is 12.0. The van der Waals surface area contributed by atoms with Crippen molar-refractivity contribution < 1.29 is 29.6 Å². The fourth-order valence-corrected chi connectivity index (χ4v) is 2.29. The smallest absolute Gasteiger partial charge is 0.311 e. The number of phenolic OH excluding ortho intramolecular Hbond substituents is 2. The van der Waals surface area contributed by atoms with E-state index in [1.165, 1.54) is 12.1 Å². The summed E-state index contributed by atoms with van der Waals surface area (Å²) in [6.45, 7) is 0.643. The Morgan fingerprint density at radius 3 is 2.48 bits per heavy atom. The van der Waals surface area contributed by atoms with Crippen molar-refractivity contribution in [3.63, 3.8) is 0 Å². The number of carboxylic acid groups (broad SMARTS) is 1. The minimum absolute atomic E-state index is 0.0135. The summed E-state index contributed by atoms with van der Waals surface area (Å²) in [6, 6.07) is 3.60. The number of carbonyl (C=O) groups excluding carboxylic acids is 1. The van der Waals surface area contributed by atoms with Crippen LogP contribution in [0.5, 0.6) is 11.5 Å². The van der Waals surface area contributed by atoms with Crippen LogP contribution in [0.4, 0.5) is 0 Å². The van der Waals surface area contributed by atoms with Crippen molar-refractivity contribution in [3.8, 4) is 11.5 Å². The lowest BCUT2D eigenvalue weighted by Crippen LogP contribution is -2.46. The van der Waals surface area contributed by atoms with E-state index in [1.807, 2.05) is 0 Å². The maximum atomic E-state index is 12.0. The second-order valence-electron chi connectivity index (χ2n) is 5.08. The fraction of sp³-hybridized carbons (Fsp3) is 0.429. The normalized spacial score (nSPS) is 17.1. The number of benzene rings is 1. The van der Waals surface area contributed by atoms with Gasteiger partial charge < -0.3 is 25.4 Å². The van der Waals surface area contributed by atoms with Crippen molar-refractivity contribution in [1.29, 1.82) is 0 Å². The molecule has 1 saturated heterocycles. The van der Waals surface area contributed by atoms with Crippen molar-refractivity contribution in [3.05, 3.63) is 23.8 Å². The van der Waals surface area contributed by atoms with Gasteiger partial charge in [0.05, 0.1) is 11.0 Å². The molecule has 2 rings (SSSR count). The third-order valence-corrected chi connectivity index (χ3v) is 3.72. The largest absolute Gasteiger partial charge is 0.508 e. The lowest BCUT2D eigenvalue weighted by molar-refractivity contribution is -0.154. The summed E-state index contributed by atoms with van der Waals surface area (Å²) in [5.41, 5.74) is -1.05. The number of ether oxygens (including phenoxy) is 1. The second kappa shape index (κ2) is 6.01. The molecule has 21 heavy (non-hydrogen) atoms. The number of nitrogens with one attached hydrogen (secondary N) is 1. The van der Waals surface area contributed by atoms with Crippen LogP contribution in [0.15, 0.2) is 18.2 Å². The first-order chi connectivity index (χ1) is 9.94. The summed E-state index contributed by atoms with van der Waals surface area (Å²) in [5.74, 6) is -2.07. The van der Waals surface area contributed by atoms with Gasteiger partial charge in [-0.25, -0.2) is 0 Å². The minimum Gasteiger partial charge on any atom is -0.508 e. The van der Waals surface area contributed by atoms with Crippen LogP contribution in [-0.4, -0.2) is 47.0 Å². The van der Waals surface area contributed by atoms with Crippen LogP contribution in [0.3, 0.4) is 0 Å². The predicted molar refractivity (Wildman–Crippen MR) is 72.2 cm³/mol. The van der Waals surface area contributed by atoms with Gasteiger partial charge in [-0.3, -0.25) is 9.59 Å². The van der Waals surface area contributed by atoms with Crippen LogP contribution in [0.1, 0.15) is 23.2 Å². The number of carbonyl (C=O) groups is 2. The van der Waals surface area contributed by atoms with E-state index in [4.69, 9.17) is 4.74 Å². The zero-order chi connectivity index (χ0) is 15.5. The quantitative estimate of drug-likeness (QED) is 0.650. The van der Waals surface area contributed by atoms with E-state index < -0.39 is 17.3 Å². The SMILES string of the molecule is O=C(NCC1(C(=O)O)CCOCC1)c1ccc(O)cc1O. The molecule has 0 aliphatic carbocycles. The number of phenols is 2. The van der Waals surface area contributed by atoms with E-state index in [-0.39, 0.29) is 23.6 Å². The second-order valence-corrected chi connectivity index (χ2v) is 5.08. The Hall–Kier alpha value is -2.28. The molecule has 0 aromatic heterocycles. The van der Waals surface area contributed by atoms with Gasteiger partial charge in [-0.15, -0.1) is 0 Å². The fourth-order valence-electron chi connectivity index (χ4n) is 2.29. The molecule has 1 heterocycles. The molecule has 0 atom stereocenters. The molecule has 0 spiro atoms. The van der Waals surface area contributed by atoms with Crippen LogP contribution < -0.4 is 5.32 Å². The summed E-state index contributed by atoms with van der Waals surface area (Å²) in [5, 5.41) is 30.7. The van der Waals surface area contributed by atoms with Gasteiger partial charge in [0.2, 0.25) is 0 Å². The molecular formula is C14H17NO6. The van der Waals surface area contributed by atoms with E-state index in [0.29, 0.717) is 26.1 Å². The van der Waals surface area contributed by atoms with Gasteiger partial charge in [0.25, 0.3) is 5.91 Å². The number of carboxylic acids is 1.